The minimum absolute atomic E-state index is 0.729. The summed E-state index contributed by atoms with van der Waals surface area (Å²) in [5.41, 5.74) is 9.75. The lowest BCUT2D eigenvalue weighted by Crippen LogP contribution is -1.95. The molecule has 0 amide bonds. The highest BCUT2D eigenvalue weighted by molar-refractivity contribution is 6.12. The van der Waals surface area contributed by atoms with Crippen molar-refractivity contribution in [2.75, 3.05) is 0 Å². The van der Waals surface area contributed by atoms with Gasteiger partial charge in [0.2, 0.25) is 0 Å². The SMILES string of the molecule is c1ccc(-c2nc(-c3ccc(-c4ccc(-c5cc6cccnc6c6ccccc56)cc4)cc3)nc3ccccc23)cc1. The smallest absolute Gasteiger partial charge is 0.160 e. The van der Waals surface area contributed by atoms with Crippen LogP contribution in [0, 0.1) is 0 Å². The number of aromatic nitrogens is 3. The molecular weight excluding hydrogens is 510 g/mol. The number of benzene rings is 6. The fourth-order valence-corrected chi connectivity index (χ4v) is 5.83. The number of hydrogen-bond acceptors (Lipinski definition) is 3. The Balaban J connectivity index is 1.15. The quantitative estimate of drug-likeness (QED) is 0.211. The van der Waals surface area contributed by atoms with Gasteiger partial charge in [-0.1, -0.05) is 127 Å². The predicted molar refractivity (Wildman–Crippen MR) is 174 cm³/mol. The second-order valence-corrected chi connectivity index (χ2v) is 10.5. The Kier molecular flexibility index (Phi) is 5.79. The second-order valence-electron chi connectivity index (χ2n) is 10.5. The Morgan fingerprint density at radius 3 is 1.79 bits per heavy atom. The molecule has 0 saturated carbocycles. The van der Waals surface area contributed by atoms with Gasteiger partial charge < -0.3 is 0 Å². The third-order valence-electron chi connectivity index (χ3n) is 7.93. The van der Waals surface area contributed by atoms with E-state index in [1.54, 1.807) is 0 Å². The zero-order valence-corrected chi connectivity index (χ0v) is 22.8. The number of pyridine rings is 1. The van der Waals surface area contributed by atoms with Crippen LogP contribution in [0.25, 0.3) is 77.5 Å². The molecule has 2 heterocycles. The maximum atomic E-state index is 5.02. The standard InChI is InChI=1S/C39H25N3/c1-2-9-29(10-3-1)38-34-14-6-7-15-36(34)41-39(42-38)30-22-18-27(19-23-30)26-16-20-28(21-17-26)35-25-31-11-8-24-40-37(31)33-13-5-4-12-32(33)35/h1-25H. The molecule has 0 saturated heterocycles. The fourth-order valence-electron chi connectivity index (χ4n) is 5.83. The van der Waals surface area contributed by atoms with Gasteiger partial charge in [-0.3, -0.25) is 4.98 Å². The third kappa shape index (κ3) is 4.20. The van der Waals surface area contributed by atoms with Gasteiger partial charge in [-0.15, -0.1) is 0 Å². The first-order valence-electron chi connectivity index (χ1n) is 14.1. The van der Waals surface area contributed by atoms with Crippen LogP contribution in [-0.4, -0.2) is 15.0 Å². The lowest BCUT2D eigenvalue weighted by atomic mass is 9.94. The highest BCUT2D eigenvalue weighted by Crippen LogP contribution is 2.35. The van der Waals surface area contributed by atoms with Gasteiger partial charge in [-0.25, -0.2) is 9.97 Å². The van der Waals surface area contributed by atoms with Crippen molar-refractivity contribution < 1.29 is 0 Å². The summed E-state index contributed by atoms with van der Waals surface area (Å²) in [7, 11) is 0. The summed E-state index contributed by atoms with van der Waals surface area (Å²) in [5, 5.41) is 4.60. The minimum atomic E-state index is 0.729. The first-order valence-corrected chi connectivity index (χ1v) is 14.1. The third-order valence-corrected chi connectivity index (χ3v) is 7.93. The molecule has 0 N–H and O–H groups in total. The Bertz CT molecular complexity index is 2220. The van der Waals surface area contributed by atoms with Gasteiger partial charge in [-0.05, 0) is 45.8 Å². The van der Waals surface area contributed by atoms with Crippen LogP contribution in [0.5, 0.6) is 0 Å². The molecule has 0 aliphatic carbocycles. The lowest BCUT2D eigenvalue weighted by Gasteiger charge is -2.12. The van der Waals surface area contributed by atoms with Crippen molar-refractivity contribution in [3.63, 3.8) is 0 Å². The molecule has 0 aliphatic rings. The van der Waals surface area contributed by atoms with E-state index < -0.39 is 0 Å². The molecule has 8 rings (SSSR count). The van der Waals surface area contributed by atoms with E-state index in [1.165, 1.54) is 27.5 Å². The molecule has 42 heavy (non-hydrogen) atoms. The van der Waals surface area contributed by atoms with Crippen molar-refractivity contribution in [2.45, 2.75) is 0 Å². The molecule has 196 valence electrons. The molecule has 3 heteroatoms. The number of hydrogen-bond donors (Lipinski definition) is 0. The minimum Gasteiger partial charge on any atom is -0.256 e. The lowest BCUT2D eigenvalue weighted by molar-refractivity contribution is 1.23. The number of fused-ring (bicyclic) bond motifs is 4. The van der Waals surface area contributed by atoms with E-state index in [0.717, 1.165) is 50.0 Å². The van der Waals surface area contributed by atoms with E-state index in [2.05, 4.69) is 114 Å². The molecule has 0 aliphatic heterocycles. The topological polar surface area (TPSA) is 38.7 Å². The van der Waals surface area contributed by atoms with Gasteiger partial charge in [0.15, 0.2) is 5.82 Å². The van der Waals surface area contributed by atoms with E-state index in [4.69, 9.17) is 9.97 Å². The first-order chi connectivity index (χ1) is 20.8. The molecule has 0 radical (unpaired) electrons. The monoisotopic (exact) mass is 535 g/mol. The van der Waals surface area contributed by atoms with E-state index >= 15 is 0 Å². The highest BCUT2D eigenvalue weighted by Gasteiger charge is 2.12. The zero-order valence-electron chi connectivity index (χ0n) is 22.8. The number of rotatable bonds is 4. The molecule has 3 nitrogen and oxygen atoms in total. The van der Waals surface area contributed by atoms with Gasteiger partial charge in [0.1, 0.15) is 0 Å². The van der Waals surface area contributed by atoms with Crippen molar-refractivity contribution in [2.24, 2.45) is 0 Å². The summed E-state index contributed by atoms with van der Waals surface area (Å²) in [6, 6.07) is 50.8. The molecule has 6 aromatic carbocycles. The van der Waals surface area contributed by atoms with E-state index in [-0.39, 0.29) is 0 Å². The van der Waals surface area contributed by atoms with Crippen LogP contribution in [0.1, 0.15) is 0 Å². The van der Waals surface area contributed by atoms with Gasteiger partial charge in [0.05, 0.1) is 16.7 Å². The van der Waals surface area contributed by atoms with Crippen molar-refractivity contribution in [1.29, 1.82) is 0 Å². The highest BCUT2D eigenvalue weighted by atomic mass is 14.9. The average molecular weight is 536 g/mol. The average Bonchev–Trinajstić information content (AvgIpc) is 3.08. The maximum Gasteiger partial charge on any atom is 0.160 e. The van der Waals surface area contributed by atoms with Crippen LogP contribution in [0.3, 0.4) is 0 Å². The first kappa shape index (κ1) is 24.2. The van der Waals surface area contributed by atoms with Crippen molar-refractivity contribution in [3.05, 3.63) is 152 Å². The van der Waals surface area contributed by atoms with Crippen LogP contribution in [-0.2, 0) is 0 Å². The zero-order chi connectivity index (χ0) is 27.9. The van der Waals surface area contributed by atoms with E-state index in [0.29, 0.717) is 0 Å². The predicted octanol–water partition coefficient (Wildman–Crippen LogP) is 10.00. The Morgan fingerprint density at radius 2 is 1.02 bits per heavy atom. The van der Waals surface area contributed by atoms with E-state index in [9.17, 15) is 0 Å². The van der Waals surface area contributed by atoms with Crippen LogP contribution in [0.15, 0.2) is 152 Å². The van der Waals surface area contributed by atoms with Gasteiger partial charge >= 0.3 is 0 Å². The van der Waals surface area contributed by atoms with Crippen molar-refractivity contribution in [1.82, 2.24) is 15.0 Å². The van der Waals surface area contributed by atoms with Crippen molar-refractivity contribution >= 4 is 32.6 Å². The summed E-state index contributed by atoms with van der Waals surface area (Å²) in [6.07, 6.45) is 1.86. The largest absolute Gasteiger partial charge is 0.256 e. The molecular formula is C39H25N3. The van der Waals surface area contributed by atoms with E-state index in [1.807, 2.05) is 42.6 Å². The normalized spacial score (nSPS) is 11.3. The molecule has 0 fully saturated rings. The summed E-state index contributed by atoms with van der Waals surface area (Å²) < 4.78 is 0. The van der Waals surface area contributed by atoms with Crippen LogP contribution < -0.4 is 0 Å². The second kappa shape index (κ2) is 10.1. The fraction of sp³-hybridized carbons (Fsp3) is 0. The van der Waals surface area contributed by atoms with Crippen LogP contribution in [0.2, 0.25) is 0 Å². The molecule has 0 atom stereocenters. The molecule has 2 aromatic heterocycles. The molecule has 8 aromatic rings. The summed E-state index contributed by atoms with van der Waals surface area (Å²) in [6.45, 7) is 0. The number of para-hydroxylation sites is 1. The maximum absolute atomic E-state index is 5.02. The summed E-state index contributed by atoms with van der Waals surface area (Å²) >= 11 is 0. The molecule has 0 unspecified atom stereocenters. The van der Waals surface area contributed by atoms with Gasteiger partial charge in [0, 0.05) is 33.5 Å². The Morgan fingerprint density at radius 1 is 0.405 bits per heavy atom. The number of nitrogens with zero attached hydrogens (tertiary/aromatic N) is 3. The van der Waals surface area contributed by atoms with Gasteiger partial charge in [0.25, 0.3) is 0 Å². The summed E-state index contributed by atoms with van der Waals surface area (Å²) in [5.74, 6) is 0.729. The van der Waals surface area contributed by atoms with Crippen LogP contribution >= 0.6 is 0 Å². The summed E-state index contributed by atoms with van der Waals surface area (Å²) in [4.78, 5) is 14.6. The van der Waals surface area contributed by atoms with Gasteiger partial charge in [-0.2, -0.15) is 0 Å². The Labute approximate surface area is 243 Å². The molecule has 0 bridgehead atoms. The molecule has 0 spiro atoms. The van der Waals surface area contributed by atoms with Crippen LogP contribution in [0.4, 0.5) is 0 Å². The Hall–Kier alpha value is -5.67. The van der Waals surface area contributed by atoms with Crippen molar-refractivity contribution in [3.8, 4) is 44.9 Å².